The second-order valence-electron chi connectivity index (χ2n) is 2.13. The fourth-order valence-corrected chi connectivity index (χ4v) is 0.402. The summed E-state index contributed by atoms with van der Waals surface area (Å²) in [5.74, 6) is -4.93. The lowest BCUT2D eigenvalue weighted by Crippen LogP contribution is -2.34. The van der Waals surface area contributed by atoms with Gasteiger partial charge in [-0.25, -0.2) is 0 Å². The SMILES string of the molecule is C/C(C=O)=C\C(F)(F)C(F)(F)F. The van der Waals surface area contributed by atoms with Gasteiger partial charge in [0.1, 0.15) is 6.29 Å². The lowest BCUT2D eigenvalue weighted by Gasteiger charge is -2.15. The highest BCUT2D eigenvalue weighted by molar-refractivity contribution is 5.72. The Kier molecular flexibility index (Phi) is 2.95. The molecular weight excluding hydrogens is 183 g/mol. The molecule has 0 radical (unpaired) electrons. The number of alkyl halides is 5. The van der Waals surface area contributed by atoms with Crippen molar-refractivity contribution in [3.8, 4) is 0 Å². The number of carbonyl (C=O) groups is 1. The van der Waals surface area contributed by atoms with E-state index in [0.29, 0.717) is 0 Å². The zero-order valence-corrected chi connectivity index (χ0v) is 5.95. The molecule has 12 heavy (non-hydrogen) atoms. The Bertz CT molecular complexity index is 202. The average molecular weight is 188 g/mol. The van der Waals surface area contributed by atoms with Crippen LogP contribution in [0.2, 0.25) is 0 Å². The second kappa shape index (κ2) is 3.20. The molecule has 0 rings (SSSR count). The van der Waals surface area contributed by atoms with Crippen molar-refractivity contribution in [1.82, 2.24) is 0 Å². The quantitative estimate of drug-likeness (QED) is 0.369. The van der Waals surface area contributed by atoms with Gasteiger partial charge in [-0.3, -0.25) is 4.79 Å². The van der Waals surface area contributed by atoms with Crippen LogP contribution in [0.5, 0.6) is 0 Å². The summed E-state index contributed by atoms with van der Waals surface area (Å²) in [5.41, 5.74) is -0.655. The van der Waals surface area contributed by atoms with E-state index in [1.54, 1.807) is 0 Å². The van der Waals surface area contributed by atoms with Gasteiger partial charge in [-0.1, -0.05) is 0 Å². The Morgan fingerprint density at radius 1 is 1.17 bits per heavy atom. The number of rotatable bonds is 2. The molecule has 70 valence electrons. The van der Waals surface area contributed by atoms with E-state index in [0.717, 1.165) is 6.92 Å². The molecule has 1 nitrogen and oxygen atoms in total. The van der Waals surface area contributed by atoms with Gasteiger partial charge >= 0.3 is 12.1 Å². The van der Waals surface area contributed by atoms with Crippen molar-refractivity contribution in [3.05, 3.63) is 11.6 Å². The van der Waals surface area contributed by atoms with Crippen LogP contribution in [0.25, 0.3) is 0 Å². The Morgan fingerprint density at radius 3 is 1.83 bits per heavy atom. The summed E-state index contributed by atoms with van der Waals surface area (Å²) in [7, 11) is 0. The Labute approximate surface area is 64.9 Å². The van der Waals surface area contributed by atoms with Gasteiger partial charge in [0, 0.05) is 6.08 Å². The lowest BCUT2D eigenvalue weighted by atomic mass is 10.2. The molecule has 0 saturated heterocycles. The van der Waals surface area contributed by atoms with Gasteiger partial charge in [-0.15, -0.1) is 0 Å². The Morgan fingerprint density at radius 2 is 1.58 bits per heavy atom. The standard InChI is InChI=1S/C6H5F5O/c1-4(3-12)2-5(7,8)6(9,10)11/h2-3H,1H3/b4-2+. The van der Waals surface area contributed by atoms with E-state index in [4.69, 9.17) is 0 Å². The molecule has 0 fully saturated rings. The van der Waals surface area contributed by atoms with Crippen molar-refractivity contribution in [2.45, 2.75) is 19.0 Å². The minimum absolute atomic E-state index is 0.0698. The zero-order chi connectivity index (χ0) is 9.99. The van der Waals surface area contributed by atoms with Crippen LogP contribution < -0.4 is 0 Å². The van der Waals surface area contributed by atoms with E-state index in [1.807, 2.05) is 0 Å². The summed E-state index contributed by atoms with van der Waals surface area (Å²) in [5, 5.41) is 0. The summed E-state index contributed by atoms with van der Waals surface area (Å²) >= 11 is 0. The fraction of sp³-hybridized carbons (Fsp3) is 0.500. The minimum atomic E-state index is -5.64. The zero-order valence-electron chi connectivity index (χ0n) is 5.95. The van der Waals surface area contributed by atoms with Crippen LogP contribution in [-0.4, -0.2) is 18.4 Å². The third kappa shape index (κ3) is 2.60. The molecule has 6 heteroatoms. The van der Waals surface area contributed by atoms with Crippen molar-refractivity contribution in [3.63, 3.8) is 0 Å². The molecule has 0 aliphatic carbocycles. The maximum absolute atomic E-state index is 12.0. The van der Waals surface area contributed by atoms with Crippen LogP contribution in [0.4, 0.5) is 22.0 Å². The highest BCUT2D eigenvalue weighted by atomic mass is 19.4. The number of aldehydes is 1. The topological polar surface area (TPSA) is 17.1 Å². The number of carbonyl (C=O) groups excluding carboxylic acids is 1. The number of hydrogen-bond acceptors (Lipinski definition) is 1. The smallest absolute Gasteiger partial charge is 0.298 e. The van der Waals surface area contributed by atoms with Crippen molar-refractivity contribution in [2.75, 3.05) is 0 Å². The maximum atomic E-state index is 12.0. The number of halogens is 5. The highest BCUT2D eigenvalue weighted by Gasteiger charge is 2.55. The first kappa shape index (κ1) is 11.1. The molecule has 0 bridgehead atoms. The molecule has 0 spiro atoms. The van der Waals surface area contributed by atoms with E-state index >= 15 is 0 Å². The third-order valence-electron chi connectivity index (χ3n) is 0.973. The molecule has 0 N–H and O–H groups in total. The Balaban J connectivity index is 4.75. The van der Waals surface area contributed by atoms with Crippen molar-refractivity contribution in [1.29, 1.82) is 0 Å². The van der Waals surface area contributed by atoms with Crippen molar-refractivity contribution < 1.29 is 26.7 Å². The van der Waals surface area contributed by atoms with Crippen LogP contribution in [0.15, 0.2) is 11.6 Å². The Hall–Kier alpha value is -0.940. The first-order valence-corrected chi connectivity index (χ1v) is 2.80. The molecule has 0 unspecified atom stereocenters. The van der Waals surface area contributed by atoms with Gasteiger partial charge < -0.3 is 0 Å². The number of allylic oxidation sites excluding steroid dienone is 2. The molecule has 0 atom stereocenters. The molecule has 0 heterocycles. The van der Waals surface area contributed by atoms with Crippen molar-refractivity contribution in [2.24, 2.45) is 0 Å². The molecule has 0 aliphatic rings. The molecule has 0 aromatic carbocycles. The van der Waals surface area contributed by atoms with Gasteiger partial charge in [0.2, 0.25) is 0 Å². The molecular formula is C6H5F5O. The van der Waals surface area contributed by atoms with E-state index in [1.165, 1.54) is 0 Å². The third-order valence-corrected chi connectivity index (χ3v) is 0.973. The first-order chi connectivity index (χ1) is 5.20. The molecule has 0 aromatic rings. The van der Waals surface area contributed by atoms with Gasteiger partial charge in [0.25, 0.3) is 0 Å². The van der Waals surface area contributed by atoms with Crippen LogP contribution in [-0.2, 0) is 4.79 Å². The predicted molar refractivity (Wildman–Crippen MR) is 30.8 cm³/mol. The van der Waals surface area contributed by atoms with E-state index in [2.05, 4.69) is 0 Å². The fourth-order valence-electron chi connectivity index (χ4n) is 0.402. The van der Waals surface area contributed by atoms with Crippen LogP contribution >= 0.6 is 0 Å². The van der Waals surface area contributed by atoms with E-state index in [9.17, 15) is 26.7 Å². The van der Waals surface area contributed by atoms with E-state index < -0.39 is 23.7 Å². The van der Waals surface area contributed by atoms with Crippen LogP contribution in [0, 0.1) is 0 Å². The van der Waals surface area contributed by atoms with E-state index in [-0.39, 0.29) is 6.29 Å². The summed E-state index contributed by atoms with van der Waals surface area (Å²) in [6, 6.07) is 0. The van der Waals surface area contributed by atoms with Crippen molar-refractivity contribution >= 4 is 6.29 Å². The maximum Gasteiger partial charge on any atom is 0.457 e. The predicted octanol–water partition coefficient (Wildman–Crippen LogP) is 2.33. The van der Waals surface area contributed by atoms with Gasteiger partial charge in [-0.05, 0) is 12.5 Å². The van der Waals surface area contributed by atoms with Crippen LogP contribution in [0.1, 0.15) is 6.92 Å². The van der Waals surface area contributed by atoms with Gasteiger partial charge in [0.05, 0.1) is 0 Å². The normalized spacial score (nSPS) is 14.7. The summed E-state index contributed by atoms with van der Waals surface area (Å²) in [6.45, 7) is 0.868. The molecule has 0 aromatic heterocycles. The molecule has 0 saturated carbocycles. The van der Waals surface area contributed by atoms with Crippen LogP contribution in [0.3, 0.4) is 0 Å². The van der Waals surface area contributed by atoms with Gasteiger partial charge in [0.15, 0.2) is 0 Å². The summed E-state index contributed by atoms with van der Waals surface area (Å²) in [4.78, 5) is 9.74. The summed E-state index contributed by atoms with van der Waals surface area (Å²) in [6.07, 6.45) is -6.13. The monoisotopic (exact) mass is 188 g/mol. The van der Waals surface area contributed by atoms with Gasteiger partial charge in [-0.2, -0.15) is 22.0 Å². The second-order valence-corrected chi connectivity index (χ2v) is 2.13. The minimum Gasteiger partial charge on any atom is -0.298 e. The largest absolute Gasteiger partial charge is 0.457 e. The lowest BCUT2D eigenvalue weighted by molar-refractivity contribution is -0.259. The molecule has 0 amide bonds. The molecule has 0 aliphatic heterocycles. The summed E-state index contributed by atoms with van der Waals surface area (Å²) < 4.78 is 58.3. The number of hydrogen-bond donors (Lipinski definition) is 0. The first-order valence-electron chi connectivity index (χ1n) is 2.80. The average Bonchev–Trinajstić information content (AvgIpc) is 1.84. The highest BCUT2D eigenvalue weighted by Crippen LogP contribution is 2.36.